The van der Waals surface area contributed by atoms with Gasteiger partial charge in [0.1, 0.15) is 6.04 Å². The zero-order valence-electron chi connectivity index (χ0n) is 18.2. The van der Waals surface area contributed by atoms with Crippen LogP contribution in [0.3, 0.4) is 0 Å². The van der Waals surface area contributed by atoms with Gasteiger partial charge in [0.25, 0.3) is 0 Å². The molecule has 0 saturated carbocycles. The molecule has 0 bridgehead atoms. The SMILES string of the molecule is O=C1C2CCCN2C(=O)CN1CCCCN1CCN(c2cccc3ccccc23)CC1. The molecular formula is C25H32N4O2. The molecule has 2 amide bonds. The highest BCUT2D eigenvalue weighted by Gasteiger charge is 2.41. The number of rotatable bonds is 6. The van der Waals surface area contributed by atoms with E-state index in [4.69, 9.17) is 0 Å². The van der Waals surface area contributed by atoms with Crippen LogP contribution in [0.5, 0.6) is 0 Å². The molecule has 3 saturated heterocycles. The lowest BCUT2D eigenvalue weighted by atomic mass is 10.1. The van der Waals surface area contributed by atoms with Crippen molar-refractivity contribution in [3.8, 4) is 0 Å². The summed E-state index contributed by atoms with van der Waals surface area (Å²) in [5, 5.41) is 2.63. The van der Waals surface area contributed by atoms with Crippen molar-refractivity contribution in [3.05, 3.63) is 42.5 Å². The van der Waals surface area contributed by atoms with Gasteiger partial charge in [-0.2, -0.15) is 0 Å². The van der Waals surface area contributed by atoms with Gasteiger partial charge >= 0.3 is 0 Å². The van der Waals surface area contributed by atoms with E-state index >= 15 is 0 Å². The summed E-state index contributed by atoms with van der Waals surface area (Å²) in [6.07, 6.45) is 3.83. The fraction of sp³-hybridized carbons (Fsp3) is 0.520. The highest BCUT2D eigenvalue weighted by atomic mass is 16.2. The first-order valence-corrected chi connectivity index (χ1v) is 11.7. The topological polar surface area (TPSA) is 47.1 Å². The van der Waals surface area contributed by atoms with Crippen LogP contribution < -0.4 is 4.90 Å². The van der Waals surface area contributed by atoms with Crippen molar-refractivity contribution in [1.29, 1.82) is 0 Å². The van der Waals surface area contributed by atoms with E-state index in [-0.39, 0.29) is 24.4 Å². The normalized spacial score (nSPS) is 22.5. The number of nitrogens with zero attached hydrogens (tertiary/aromatic N) is 4. The Morgan fingerprint density at radius 2 is 1.61 bits per heavy atom. The number of unbranched alkanes of at least 4 members (excludes halogenated alkanes) is 1. The predicted octanol–water partition coefficient (Wildman–Crippen LogP) is 2.58. The Morgan fingerprint density at radius 3 is 2.48 bits per heavy atom. The summed E-state index contributed by atoms with van der Waals surface area (Å²) in [6, 6.07) is 15.0. The molecule has 6 heteroatoms. The number of hydrogen-bond donors (Lipinski definition) is 0. The van der Waals surface area contributed by atoms with Crippen LogP contribution in [0.1, 0.15) is 25.7 Å². The minimum Gasteiger partial charge on any atom is -0.368 e. The molecule has 2 aromatic rings. The van der Waals surface area contributed by atoms with Gasteiger partial charge in [0.15, 0.2) is 0 Å². The Balaban J connectivity index is 1.07. The van der Waals surface area contributed by atoms with Crippen LogP contribution in [0.25, 0.3) is 10.8 Å². The molecule has 3 aliphatic rings. The van der Waals surface area contributed by atoms with Crippen molar-refractivity contribution in [2.75, 3.05) is 57.3 Å². The molecule has 0 aromatic heterocycles. The molecular weight excluding hydrogens is 388 g/mol. The van der Waals surface area contributed by atoms with E-state index < -0.39 is 0 Å². The van der Waals surface area contributed by atoms with Gasteiger partial charge < -0.3 is 14.7 Å². The number of hydrogen-bond acceptors (Lipinski definition) is 4. The quantitative estimate of drug-likeness (QED) is 0.674. The third-order valence-electron chi connectivity index (χ3n) is 7.13. The smallest absolute Gasteiger partial charge is 0.245 e. The lowest BCUT2D eigenvalue weighted by molar-refractivity contribution is -0.153. The number of carbonyl (C=O) groups excluding carboxylic acids is 2. The summed E-state index contributed by atoms with van der Waals surface area (Å²) in [4.78, 5) is 33.5. The molecule has 3 heterocycles. The van der Waals surface area contributed by atoms with Gasteiger partial charge in [-0.25, -0.2) is 0 Å². The van der Waals surface area contributed by atoms with Gasteiger partial charge in [0.05, 0.1) is 6.54 Å². The summed E-state index contributed by atoms with van der Waals surface area (Å²) >= 11 is 0. The fourth-order valence-corrected chi connectivity index (χ4v) is 5.39. The van der Waals surface area contributed by atoms with Crippen molar-refractivity contribution in [3.63, 3.8) is 0 Å². The molecule has 0 radical (unpaired) electrons. The van der Waals surface area contributed by atoms with Gasteiger partial charge in [-0.05, 0) is 43.7 Å². The third-order valence-corrected chi connectivity index (χ3v) is 7.13. The van der Waals surface area contributed by atoms with Crippen LogP contribution in [-0.2, 0) is 9.59 Å². The minimum atomic E-state index is -0.177. The van der Waals surface area contributed by atoms with Crippen molar-refractivity contribution in [2.45, 2.75) is 31.7 Å². The highest BCUT2D eigenvalue weighted by molar-refractivity contribution is 5.95. The maximum atomic E-state index is 12.6. The van der Waals surface area contributed by atoms with E-state index in [1.807, 2.05) is 0 Å². The molecule has 0 N–H and O–H groups in total. The summed E-state index contributed by atoms with van der Waals surface area (Å²) < 4.78 is 0. The number of fused-ring (bicyclic) bond motifs is 2. The summed E-state index contributed by atoms with van der Waals surface area (Å²) in [6.45, 7) is 7.05. The number of benzene rings is 2. The summed E-state index contributed by atoms with van der Waals surface area (Å²) in [7, 11) is 0. The Bertz CT molecular complexity index is 948. The van der Waals surface area contributed by atoms with Crippen LogP contribution in [0.2, 0.25) is 0 Å². The van der Waals surface area contributed by atoms with E-state index in [9.17, 15) is 9.59 Å². The fourth-order valence-electron chi connectivity index (χ4n) is 5.39. The van der Waals surface area contributed by atoms with Crippen LogP contribution in [-0.4, -0.2) is 84.9 Å². The summed E-state index contributed by atoms with van der Waals surface area (Å²) in [5.74, 6) is 0.299. The third kappa shape index (κ3) is 4.13. The predicted molar refractivity (Wildman–Crippen MR) is 123 cm³/mol. The van der Waals surface area contributed by atoms with Crippen LogP contribution in [0, 0.1) is 0 Å². The molecule has 3 aliphatic heterocycles. The molecule has 164 valence electrons. The zero-order valence-corrected chi connectivity index (χ0v) is 18.2. The molecule has 0 aliphatic carbocycles. The monoisotopic (exact) mass is 420 g/mol. The Hall–Kier alpha value is -2.60. The molecule has 1 unspecified atom stereocenters. The molecule has 6 nitrogen and oxygen atoms in total. The first-order valence-electron chi connectivity index (χ1n) is 11.7. The maximum Gasteiger partial charge on any atom is 0.245 e. The first kappa shape index (κ1) is 20.3. The van der Waals surface area contributed by atoms with E-state index in [2.05, 4.69) is 52.3 Å². The van der Waals surface area contributed by atoms with E-state index in [1.165, 1.54) is 16.5 Å². The van der Waals surface area contributed by atoms with Crippen molar-refractivity contribution in [1.82, 2.24) is 14.7 Å². The molecule has 0 spiro atoms. The zero-order chi connectivity index (χ0) is 21.2. The first-order chi connectivity index (χ1) is 15.2. The standard InChI is InChI=1S/C25H32N4O2/c30-24-19-28(25(31)23-11-6-14-29(23)24)13-4-3-12-26-15-17-27(18-16-26)22-10-5-8-20-7-1-2-9-21(20)22/h1-2,5,7-10,23H,3-4,6,11-19H2. The van der Waals surface area contributed by atoms with Crippen LogP contribution in [0.4, 0.5) is 5.69 Å². The lowest BCUT2D eigenvalue weighted by Crippen LogP contribution is -2.57. The number of piperazine rings is 2. The summed E-state index contributed by atoms with van der Waals surface area (Å²) in [5.41, 5.74) is 1.34. The van der Waals surface area contributed by atoms with Crippen molar-refractivity contribution >= 4 is 28.3 Å². The Morgan fingerprint density at radius 1 is 0.839 bits per heavy atom. The van der Waals surface area contributed by atoms with Crippen molar-refractivity contribution < 1.29 is 9.59 Å². The van der Waals surface area contributed by atoms with Crippen LogP contribution in [0.15, 0.2) is 42.5 Å². The number of anilines is 1. The second-order valence-electron chi connectivity index (χ2n) is 9.04. The maximum absolute atomic E-state index is 12.6. The van der Waals surface area contributed by atoms with Crippen molar-refractivity contribution in [2.24, 2.45) is 0 Å². The molecule has 3 fully saturated rings. The van der Waals surface area contributed by atoms with E-state index in [0.717, 1.165) is 65.0 Å². The molecule has 2 aromatic carbocycles. The Labute approximate surface area is 184 Å². The van der Waals surface area contributed by atoms with E-state index in [1.54, 1.807) is 9.80 Å². The number of amides is 2. The second-order valence-corrected chi connectivity index (χ2v) is 9.04. The van der Waals surface area contributed by atoms with Gasteiger partial charge in [-0.1, -0.05) is 36.4 Å². The van der Waals surface area contributed by atoms with Crippen LogP contribution >= 0.6 is 0 Å². The lowest BCUT2D eigenvalue weighted by Gasteiger charge is -2.37. The van der Waals surface area contributed by atoms with Gasteiger partial charge in [0.2, 0.25) is 11.8 Å². The largest absolute Gasteiger partial charge is 0.368 e. The van der Waals surface area contributed by atoms with Gasteiger partial charge in [-0.3, -0.25) is 14.5 Å². The van der Waals surface area contributed by atoms with Gasteiger partial charge in [0, 0.05) is 50.3 Å². The highest BCUT2D eigenvalue weighted by Crippen LogP contribution is 2.27. The average molecular weight is 421 g/mol. The number of carbonyl (C=O) groups is 2. The molecule has 1 atom stereocenters. The molecule has 31 heavy (non-hydrogen) atoms. The second kappa shape index (κ2) is 8.87. The average Bonchev–Trinajstić information content (AvgIpc) is 3.31. The van der Waals surface area contributed by atoms with E-state index in [0.29, 0.717) is 6.54 Å². The minimum absolute atomic E-state index is 0.131. The molecule has 5 rings (SSSR count). The Kier molecular flexibility index (Phi) is 5.81. The van der Waals surface area contributed by atoms with Gasteiger partial charge in [-0.15, -0.1) is 0 Å².